The molecule has 1 aliphatic heterocycles. The van der Waals surface area contributed by atoms with Crippen LogP contribution in [0.4, 0.5) is 36.3 Å². The number of nitrogens with zero attached hydrogens (tertiary/aromatic N) is 6. The Labute approximate surface area is 239 Å². The number of carbonyl (C=O) groups is 1. The quantitative estimate of drug-likeness (QED) is 0.320. The van der Waals surface area contributed by atoms with Gasteiger partial charge in [-0.25, -0.2) is 19.9 Å². The number of nitrogens with one attached hydrogen (secondary N) is 2. The monoisotopic (exact) mass is 582 g/mol. The first-order valence-electron chi connectivity index (χ1n) is 13.1. The molecule has 1 saturated heterocycles. The number of fused-ring (bicyclic) bond motifs is 1. The fourth-order valence-electron chi connectivity index (χ4n) is 4.62. The number of amides is 1. The van der Waals surface area contributed by atoms with E-state index >= 15 is 0 Å². The first-order valence-corrected chi connectivity index (χ1v) is 13.1. The van der Waals surface area contributed by atoms with Crippen LogP contribution in [0.3, 0.4) is 0 Å². The minimum absolute atomic E-state index is 0.0378. The van der Waals surface area contributed by atoms with Crippen LogP contribution in [-0.2, 0) is 6.18 Å². The summed E-state index contributed by atoms with van der Waals surface area (Å²) in [5, 5.41) is 5.69. The van der Waals surface area contributed by atoms with Gasteiger partial charge in [-0.2, -0.15) is 13.2 Å². The molecule has 2 aromatic carbocycles. The van der Waals surface area contributed by atoms with Crippen LogP contribution in [0, 0.1) is 0 Å². The van der Waals surface area contributed by atoms with E-state index in [1.165, 1.54) is 31.6 Å². The van der Waals surface area contributed by atoms with Gasteiger partial charge >= 0.3 is 6.18 Å². The molecule has 1 aliphatic rings. The number of ether oxygens (including phenoxy) is 2. The Morgan fingerprint density at radius 3 is 2.50 bits per heavy atom. The summed E-state index contributed by atoms with van der Waals surface area (Å²) in [7, 11) is 4.71. The van der Waals surface area contributed by atoms with Gasteiger partial charge in [-0.1, -0.05) is 0 Å². The topological polar surface area (TPSA) is 118 Å². The molecular formula is C28H29F3N8O3. The summed E-state index contributed by atoms with van der Waals surface area (Å²) in [4.78, 5) is 35.4. The molecule has 4 aromatic rings. The Hall–Kier alpha value is -4.72. The van der Waals surface area contributed by atoms with E-state index in [2.05, 4.69) is 42.4 Å². The van der Waals surface area contributed by atoms with Crippen LogP contribution in [0.5, 0.6) is 11.5 Å². The first-order chi connectivity index (χ1) is 20.2. The number of alkyl halides is 3. The largest absolute Gasteiger partial charge is 0.496 e. The molecule has 0 bridgehead atoms. The van der Waals surface area contributed by atoms with Gasteiger partial charge in [0.05, 0.1) is 31.7 Å². The second-order valence-electron chi connectivity index (χ2n) is 9.68. The predicted octanol–water partition coefficient (Wildman–Crippen LogP) is 4.59. The second-order valence-corrected chi connectivity index (χ2v) is 9.68. The molecule has 0 saturated carbocycles. The van der Waals surface area contributed by atoms with Crippen molar-refractivity contribution < 1.29 is 27.4 Å². The Morgan fingerprint density at radius 1 is 0.952 bits per heavy atom. The molecule has 5 rings (SSSR count). The summed E-state index contributed by atoms with van der Waals surface area (Å²) in [5.41, 5.74) is 0.539. The number of aromatic nitrogens is 4. The van der Waals surface area contributed by atoms with Crippen LogP contribution < -0.4 is 25.0 Å². The van der Waals surface area contributed by atoms with Crippen molar-refractivity contribution in [1.29, 1.82) is 0 Å². The lowest BCUT2D eigenvalue weighted by molar-refractivity contribution is -0.138. The Morgan fingerprint density at radius 2 is 1.74 bits per heavy atom. The van der Waals surface area contributed by atoms with Crippen LogP contribution in [0.15, 0.2) is 48.9 Å². The van der Waals surface area contributed by atoms with Crippen molar-refractivity contribution in [2.75, 3.05) is 63.0 Å². The van der Waals surface area contributed by atoms with Crippen molar-refractivity contribution in [3.05, 3.63) is 60.0 Å². The summed E-state index contributed by atoms with van der Waals surface area (Å²) >= 11 is 0. The van der Waals surface area contributed by atoms with E-state index in [1.807, 2.05) is 0 Å². The third-order valence-corrected chi connectivity index (χ3v) is 6.84. The molecule has 1 amide bonds. The maximum atomic E-state index is 13.5. The number of anilines is 4. The molecule has 0 aliphatic carbocycles. The van der Waals surface area contributed by atoms with Gasteiger partial charge in [-0.3, -0.25) is 4.79 Å². The lowest BCUT2D eigenvalue weighted by atomic mass is 10.1. The summed E-state index contributed by atoms with van der Waals surface area (Å²) in [5.74, 6) is 0.378. The molecule has 2 N–H and O–H groups in total. The summed E-state index contributed by atoms with van der Waals surface area (Å²) in [6.07, 6.45) is -0.658. The van der Waals surface area contributed by atoms with Gasteiger partial charge in [0.2, 0.25) is 5.95 Å². The summed E-state index contributed by atoms with van der Waals surface area (Å²) in [6.45, 7) is 3.47. The van der Waals surface area contributed by atoms with E-state index < -0.39 is 17.6 Å². The molecular weight excluding hydrogens is 553 g/mol. The molecule has 0 spiro atoms. The lowest BCUT2D eigenvalue weighted by Crippen LogP contribution is -2.30. The van der Waals surface area contributed by atoms with Crippen LogP contribution >= 0.6 is 0 Å². The van der Waals surface area contributed by atoms with Gasteiger partial charge in [-0.05, 0) is 56.4 Å². The van der Waals surface area contributed by atoms with E-state index in [-0.39, 0.29) is 17.0 Å². The fourth-order valence-corrected chi connectivity index (χ4v) is 4.62. The molecule has 0 unspecified atom stereocenters. The van der Waals surface area contributed by atoms with E-state index in [1.54, 1.807) is 12.3 Å². The predicted molar refractivity (Wildman–Crippen MR) is 152 cm³/mol. The second kappa shape index (κ2) is 12.0. The zero-order valence-corrected chi connectivity index (χ0v) is 23.2. The number of hydrogen-bond acceptors (Lipinski definition) is 10. The summed E-state index contributed by atoms with van der Waals surface area (Å²) < 4.78 is 50.7. The number of rotatable bonds is 7. The average molecular weight is 583 g/mol. The Kier molecular flexibility index (Phi) is 8.24. The molecule has 11 nitrogen and oxygen atoms in total. The maximum Gasteiger partial charge on any atom is 0.420 e. The van der Waals surface area contributed by atoms with Crippen molar-refractivity contribution >= 4 is 40.1 Å². The number of hydrogen-bond donors (Lipinski definition) is 2. The fraction of sp³-hybridized carbons (Fsp3) is 0.321. The number of carbonyl (C=O) groups excluding carboxylic acids is 1. The molecule has 14 heteroatoms. The zero-order valence-electron chi connectivity index (χ0n) is 23.2. The highest BCUT2D eigenvalue weighted by Gasteiger charge is 2.34. The normalized spacial score (nSPS) is 14.4. The van der Waals surface area contributed by atoms with Crippen molar-refractivity contribution in [2.45, 2.75) is 12.6 Å². The Bertz CT molecular complexity index is 1600. The van der Waals surface area contributed by atoms with Gasteiger partial charge in [-0.15, -0.1) is 0 Å². The van der Waals surface area contributed by atoms with Crippen molar-refractivity contribution in [2.24, 2.45) is 0 Å². The number of methoxy groups -OCH3 is 2. The molecule has 42 heavy (non-hydrogen) atoms. The molecule has 220 valence electrons. The third kappa shape index (κ3) is 6.28. The van der Waals surface area contributed by atoms with Gasteiger partial charge in [0.1, 0.15) is 28.9 Å². The van der Waals surface area contributed by atoms with E-state index in [4.69, 9.17) is 14.5 Å². The number of likely N-dealkylation sites (N-methyl/N-ethyl adjacent to an activating group) is 1. The van der Waals surface area contributed by atoms with E-state index in [0.29, 0.717) is 34.2 Å². The number of halogens is 3. The van der Waals surface area contributed by atoms with Crippen molar-refractivity contribution in [1.82, 2.24) is 24.8 Å². The molecule has 1 fully saturated rings. The van der Waals surface area contributed by atoms with Crippen molar-refractivity contribution in [3.63, 3.8) is 0 Å². The number of benzene rings is 2. The van der Waals surface area contributed by atoms with Crippen molar-refractivity contribution in [3.8, 4) is 11.5 Å². The summed E-state index contributed by atoms with van der Waals surface area (Å²) in [6, 6.07) is 7.91. The van der Waals surface area contributed by atoms with Gasteiger partial charge in [0.25, 0.3) is 5.91 Å². The van der Waals surface area contributed by atoms with Gasteiger partial charge in [0.15, 0.2) is 5.82 Å². The zero-order chi connectivity index (χ0) is 29.9. The minimum atomic E-state index is -4.66. The Balaban J connectivity index is 1.43. The van der Waals surface area contributed by atoms with E-state index in [0.717, 1.165) is 51.8 Å². The SMILES string of the molecule is COc1ccc(C(=O)Nc2ccc(OC)c(C(F)(F)F)c2)cc1Nc1ncnc2cnc(N3CCCN(C)CC3)nc12. The highest BCUT2D eigenvalue weighted by atomic mass is 19.4. The van der Waals surface area contributed by atoms with Crippen LogP contribution in [0.2, 0.25) is 0 Å². The van der Waals surface area contributed by atoms with Crippen LogP contribution in [-0.4, -0.2) is 78.2 Å². The smallest absolute Gasteiger partial charge is 0.420 e. The standard InChI is InChI=1S/C28H29F3N8O3/c1-38-9-4-10-39(12-11-38)27-32-15-21-24(37-27)25(34-16-33-21)36-20-13-17(5-7-23(20)42-3)26(40)35-18-6-8-22(41-2)19(14-18)28(29,30)31/h5-8,13-16H,4,9-12H2,1-3H3,(H,35,40)(H,33,34,36). The minimum Gasteiger partial charge on any atom is -0.496 e. The molecule has 0 radical (unpaired) electrons. The van der Waals surface area contributed by atoms with Crippen LogP contribution in [0.25, 0.3) is 11.0 Å². The maximum absolute atomic E-state index is 13.5. The molecule has 2 aromatic heterocycles. The first kappa shape index (κ1) is 28.8. The van der Waals surface area contributed by atoms with Crippen LogP contribution in [0.1, 0.15) is 22.3 Å². The lowest BCUT2D eigenvalue weighted by Gasteiger charge is -2.20. The van der Waals surface area contributed by atoms with E-state index in [9.17, 15) is 18.0 Å². The molecule has 0 atom stereocenters. The van der Waals surface area contributed by atoms with Gasteiger partial charge < -0.3 is 29.9 Å². The third-order valence-electron chi connectivity index (χ3n) is 6.84. The highest BCUT2D eigenvalue weighted by Crippen LogP contribution is 2.38. The highest BCUT2D eigenvalue weighted by molar-refractivity contribution is 6.05. The van der Waals surface area contributed by atoms with Gasteiger partial charge in [0, 0.05) is 30.9 Å². The average Bonchev–Trinajstić information content (AvgIpc) is 3.21. The molecule has 3 heterocycles.